The summed E-state index contributed by atoms with van der Waals surface area (Å²) >= 11 is 7.84. The Labute approximate surface area is 184 Å². The lowest BCUT2D eigenvalue weighted by molar-refractivity contribution is 0.102. The standard InChI is InChI=1S/C24H20ClN3OS/c1-28(2)19-12-10-16(11-13-19)23(29)26-18-7-5-6-17(14-18)22-15-30-24(27-22)20-8-3-4-9-21(20)25/h3-15H,1-2H3,(H,26,29). The number of anilines is 2. The number of nitrogens with zero attached hydrogens (tertiary/aromatic N) is 2. The first kappa shape index (κ1) is 20.1. The van der Waals surface area contributed by atoms with Gasteiger partial charge in [-0.1, -0.05) is 41.9 Å². The van der Waals surface area contributed by atoms with Crippen LogP contribution in [0.5, 0.6) is 0 Å². The van der Waals surface area contributed by atoms with Gasteiger partial charge >= 0.3 is 0 Å². The minimum absolute atomic E-state index is 0.146. The first-order chi connectivity index (χ1) is 14.5. The number of hydrogen-bond acceptors (Lipinski definition) is 4. The fourth-order valence-electron chi connectivity index (χ4n) is 3.04. The number of amides is 1. The SMILES string of the molecule is CN(C)c1ccc(C(=O)Nc2cccc(-c3csc(-c4ccccc4Cl)n3)c2)cc1. The topological polar surface area (TPSA) is 45.2 Å². The van der Waals surface area contributed by atoms with E-state index in [0.29, 0.717) is 10.6 Å². The lowest BCUT2D eigenvalue weighted by Gasteiger charge is -2.12. The molecule has 0 unspecified atom stereocenters. The molecule has 1 aromatic heterocycles. The van der Waals surface area contributed by atoms with Crippen molar-refractivity contribution in [1.29, 1.82) is 0 Å². The molecule has 0 saturated heterocycles. The Morgan fingerprint density at radius 3 is 2.50 bits per heavy atom. The summed E-state index contributed by atoms with van der Waals surface area (Å²) in [6.45, 7) is 0. The van der Waals surface area contributed by atoms with Crippen LogP contribution in [-0.4, -0.2) is 25.0 Å². The van der Waals surface area contributed by atoms with Gasteiger partial charge in [0.1, 0.15) is 5.01 Å². The van der Waals surface area contributed by atoms with Crippen LogP contribution in [0.4, 0.5) is 11.4 Å². The van der Waals surface area contributed by atoms with Crippen LogP contribution < -0.4 is 10.2 Å². The number of carbonyl (C=O) groups is 1. The zero-order chi connectivity index (χ0) is 21.1. The molecule has 4 rings (SSSR count). The molecule has 0 spiro atoms. The molecule has 0 aliphatic heterocycles. The molecule has 30 heavy (non-hydrogen) atoms. The van der Waals surface area contributed by atoms with E-state index in [1.54, 1.807) is 11.3 Å². The number of hydrogen-bond donors (Lipinski definition) is 1. The number of nitrogens with one attached hydrogen (secondary N) is 1. The maximum absolute atomic E-state index is 12.6. The second-order valence-electron chi connectivity index (χ2n) is 6.99. The van der Waals surface area contributed by atoms with Gasteiger partial charge in [-0.25, -0.2) is 4.98 Å². The first-order valence-corrected chi connectivity index (χ1v) is 10.7. The Bertz CT molecular complexity index is 1190. The highest BCUT2D eigenvalue weighted by Crippen LogP contribution is 2.33. The minimum atomic E-state index is -0.146. The zero-order valence-corrected chi connectivity index (χ0v) is 18.2. The summed E-state index contributed by atoms with van der Waals surface area (Å²) in [6.07, 6.45) is 0. The van der Waals surface area contributed by atoms with Crippen molar-refractivity contribution in [2.75, 3.05) is 24.3 Å². The van der Waals surface area contributed by atoms with Gasteiger partial charge < -0.3 is 10.2 Å². The average Bonchev–Trinajstić information content (AvgIpc) is 3.24. The van der Waals surface area contributed by atoms with E-state index in [0.717, 1.165) is 33.2 Å². The fraction of sp³-hybridized carbons (Fsp3) is 0.0833. The molecule has 3 aromatic carbocycles. The van der Waals surface area contributed by atoms with Crippen LogP contribution >= 0.6 is 22.9 Å². The fourth-order valence-corrected chi connectivity index (χ4v) is 4.18. The molecule has 4 aromatic rings. The second-order valence-corrected chi connectivity index (χ2v) is 8.26. The number of halogens is 1. The highest BCUT2D eigenvalue weighted by molar-refractivity contribution is 7.13. The normalized spacial score (nSPS) is 10.6. The monoisotopic (exact) mass is 433 g/mol. The van der Waals surface area contributed by atoms with Crippen molar-refractivity contribution in [3.05, 3.63) is 88.8 Å². The summed E-state index contributed by atoms with van der Waals surface area (Å²) in [7, 11) is 3.94. The van der Waals surface area contributed by atoms with Gasteiger partial charge in [0.15, 0.2) is 0 Å². The van der Waals surface area contributed by atoms with E-state index in [4.69, 9.17) is 16.6 Å². The third kappa shape index (κ3) is 4.37. The molecule has 150 valence electrons. The molecule has 6 heteroatoms. The molecule has 1 amide bonds. The number of carbonyl (C=O) groups excluding carboxylic acids is 1. The summed E-state index contributed by atoms with van der Waals surface area (Å²) in [5, 5.41) is 6.51. The van der Waals surface area contributed by atoms with Gasteiger partial charge in [-0.2, -0.15) is 0 Å². The van der Waals surface area contributed by atoms with Crippen LogP contribution in [-0.2, 0) is 0 Å². The van der Waals surface area contributed by atoms with Crippen molar-refractivity contribution in [2.24, 2.45) is 0 Å². The maximum Gasteiger partial charge on any atom is 0.255 e. The summed E-state index contributed by atoms with van der Waals surface area (Å²) in [4.78, 5) is 19.3. The van der Waals surface area contributed by atoms with Gasteiger partial charge in [-0.15, -0.1) is 11.3 Å². The second kappa shape index (κ2) is 8.69. The van der Waals surface area contributed by atoms with E-state index < -0.39 is 0 Å². The molecule has 0 bridgehead atoms. The van der Waals surface area contributed by atoms with Gasteiger partial charge in [0.05, 0.1) is 10.7 Å². The highest BCUT2D eigenvalue weighted by Gasteiger charge is 2.11. The Kier molecular flexibility index (Phi) is 5.84. The van der Waals surface area contributed by atoms with Crippen LogP contribution in [0.15, 0.2) is 78.2 Å². The van der Waals surface area contributed by atoms with Gasteiger partial charge in [0.2, 0.25) is 0 Å². The van der Waals surface area contributed by atoms with Crippen molar-refractivity contribution in [2.45, 2.75) is 0 Å². The van der Waals surface area contributed by atoms with Crippen LogP contribution in [0.2, 0.25) is 5.02 Å². The van der Waals surface area contributed by atoms with E-state index in [2.05, 4.69) is 5.32 Å². The van der Waals surface area contributed by atoms with Crippen molar-refractivity contribution >= 4 is 40.2 Å². The summed E-state index contributed by atoms with van der Waals surface area (Å²) in [6, 6.07) is 22.9. The predicted molar refractivity (Wildman–Crippen MR) is 127 cm³/mol. The molecular weight excluding hydrogens is 414 g/mol. The predicted octanol–water partition coefficient (Wildman–Crippen LogP) is 6.45. The van der Waals surface area contributed by atoms with E-state index in [9.17, 15) is 4.79 Å². The van der Waals surface area contributed by atoms with Crippen LogP contribution in [0.3, 0.4) is 0 Å². The van der Waals surface area contributed by atoms with E-state index in [1.165, 1.54) is 0 Å². The van der Waals surface area contributed by atoms with Gasteiger partial charge in [-0.3, -0.25) is 4.79 Å². The molecule has 4 nitrogen and oxygen atoms in total. The van der Waals surface area contributed by atoms with Crippen LogP contribution in [0.1, 0.15) is 10.4 Å². The van der Waals surface area contributed by atoms with Crippen molar-refractivity contribution in [3.63, 3.8) is 0 Å². The molecule has 0 radical (unpaired) electrons. The Balaban J connectivity index is 1.53. The van der Waals surface area contributed by atoms with E-state index >= 15 is 0 Å². The van der Waals surface area contributed by atoms with Crippen molar-refractivity contribution < 1.29 is 4.79 Å². The number of aromatic nitrogens is 1. The highest BCUT2D eigenvalue weighted by atomic mass is 35.5. The Morgan fingerprint density at radius 2 is 1.77 bits per heavy atom. The molecular formula is C24H20ClN3OS. The molecule has 0 atom stereocenters. The number of thiazole rings is 1. The van der Waals surface area contributed by atoms with E-state index in [1.807, 2.05) is 97.2 Å². The molecule has 0 fully saturated rings. The van der Waals surface area contributed by atoms with Crippen LogP contribution in [0.25, 0.3) is 21.8 Å². The largest absolute Gasteiger partial charge is 0.378 e. The number of benzene rings is 3. The van der Waals surface area contributed by atoms with E-state index in [-0.39, 0.29) is 5.91 Å². The molecule has 0 aliphatic carbocycles. The zero-order valence-electron chi connectivity index (χ0n) is 16.6. The summed E-state index contributed by atoms with van der Waals surface area (Å²) in [5.74, 6) is -0.146. The Morgan fingerprint density at radius 1 is 1.00 bits per heavy atom. The number of rotatable bonds is 5. The molecule has 0 saturated carbocycles. The van der Waals surface area contributed by atoms with Gasteiger partial charge in [0.25, 0.3) is 5.91 Å². The Hall–Kier alpha value is -3.15. The van der Waals surface area contributed by atoms with Crippen molar-refractivity contribution in [1.82, 2.24) is 4.98 Å². The third-order valence-electron chi connectivity index (χ3n) is 4.67. The van der Waals surface area contributed by atoms with Gasteiger partial charge in [-0.05, 0) is 42.5 Å². The third-order valence-corrected chi connectivity index (χ3v) is 5.88. The average molecular weight is 434 g/mol. The lowest BCUT2D eigenvalue weighted by atomic mass is 10.1. The summed E-state index contributed by atoms with van der Waals surface area (Å²) in [5.41, 5.74) is 5.08. The first-order valence-electron chi connectivity index (χ1n) is 9.41. The molecule has 0 aliphatic rings. The van der Waals surface area contributed by atoms with Crippen LogP contribution in [0, 0.1) is 0 Å². The maximum atomic E-state index is 12.6. The smallest absolute Gasteiger partial charge is 0.255 e. The quantitative estimate of drug-likeness (QED) is 0.393. The summed E-state index contributed by atoms with van der Waals surface area (Å²) < 4.78 is 0. The minimum Gasteiger partial charge on any atom is -0.378 e. The van der Waals surface area contributed by atoms with Crippen molar-refractivity contribution in [3.8, 4) is 21.8 Å². The molecule has 1 heterocycles. The molecule has 1 N–H and O–H groups in total. The van der Waals surface area contributed by atoms with Gasteiger partial charge in [0, 0.05) is 47.5 Å². The lowest BCUT2D eigenvalue weighted by Crippen LogP contribution is -2.13.